The van der Waals surface area contributed by atoms with E-state index in [1.807, 2.05) is 0 Å². The Hall–Kier alpha value is 1.10. The number of hydrogen-bond acceptors (Lipinski definition) is 1. The number of rotatable bonds is 3. The van der Waals surface area contributed by atoms with E-state index in [1.54, 1.807) is 0 Å². The monoisotopic (exact) mass is 128 g/mol. The van der Waals surface area contributed by atoms with Gasteiger partial charge in [-0.1, -0.05) is 13.3 Å². The van der Waals surface area contributed by atoms with Gasteiger partial charge in [0.15, 0.2) is 8.46 Å². The summed E-state index contributed by atoms with van der Waals surface area (Å²) in [5.41, 5.74) is 0. The van der Waals surface area contributed by atoms with Gasteiger partial charge >= 0.3 is 29.6 Å². The van der Waals surface area contributed by atoms with E-state index in [0.717, 1.165) is 19.0 Å². The molecule has 0 aromatic carbocycles. The molecular formula is C4H10NaOP. The average Bonchev–Trinajstić information content (AvgIpc) is 1.61. The van der Waals surface area contributed by atoms with Crippen molar-refractivity contribution in [2.24, 2.45) is 0 Å². The van der Waals surface area contributed by atoms with Crippen molar-refractivity contribution in [3.63, 3.8) is 0 Å². The average molecular weight is 128 g/mol. The van der Waals surface area contributed by atoms with Crippen LogP contribution in [0.25, 0.3) is 0 Å². The zero-order chi connectivity index (χ0) is 4.83. The molecule has 1 nitrogen and oxygen atoms in total. The van der Waals surface area contributed by atoms with E-state index in [2.05, 4.69) is 6.92 Å². The van der Waals surface area contributed by atoms with Crippen LogP contribution in [0.1, 0.15) is 19.8 Å². The molecule has 0 N–H and O–H groups in total. The second-order valence-corrected chi connectivity index (χ2v) is 1.91. The fourth-order valence-corrected chi connectivity index (χ4v) is 0.668. The van der Waals surface area contributed by atoms with Crippen molar-refractivity contribution >= 4 is 38.0 Å². The Bertz CT molecular complexity index is 40.7. The van der Waals surface area contributed by atoms with Gasteiger partial charge in [-0.25, -0.2) is 0 Å². The minimum absolute atomic E-state index is 0. The summed E-state index contributed by atoms with van der Waals surface area (Å²) >= 11 is 0. The van der Waals surface area contributed by atoms with Crippen molar-refractivity contribution in [2.75, 3.05) is 6.16 Å². The molecule has 0 saturated heterocycles. The van der Waals surface area contributed by atoms with Crippen molar-refractivity contribution in [1.29, 1.82) is 0 Å². The second kappa shape index (κ2) is 10.2. The minimum atomic E-state index is 0. The first-order valence-electron chi connectivity index (χ1n) is 2.21. The maximum absolute atomic E-state index is 9.66. The van der Waals surface area contributed by atoms with Crippen molar-refractivity contribution in [3.05, 3.63) is 0 Å². The Balaban J connectivity index is 0. The Kier molecular flexibility index (Phi) is 15.9. The van der Waals surface area contributed by atoms with E-state index < -0.39 is 0 Å². The van der Waals surface area contributed by atoms with Gasteiger partial charge in [-0.3, -0.25) is 4.57 Å². The number of hydrogen-bond donors (Lipinski definition) is 0. The van der Waals surface area contributed by atoms with Crippen LogP contribution in [0.15, 0.2) is 0 Å². The van der Waals surface area contributed by atoms with Crippen LogP contribution in [0, 0.1) is 0 Å². The standard InChI is InChI=1S/C4H9OP.Na.H/c1-2-3-4-6-5;;/h2-4H2,1H3;;. The molecule has 0 aliphatic carbocycles. The third kappa shape index (κ3) is 11.0. The Labute approximate surface area is 68.4 Å². The van der Waals surface area contributed by atoms with Crippen LogP contribution < -0.4 is 0 Å². The molecular weight excluding hydrogens is 118 g/mol. The van der Waals surface area contributed by atoms with E-state index in [1.165, 1.54) is 0 Å². The quantitative estimate of drug-likeness (QED) is 0.319. The molecule has 38 valence electrons. The summed E-state index contributed by atoms with van der Waals surface area (Å²) in [5, 5.41) is 0. The van der Waals surface area contributed by atoms with Crippen molar-refractivity contribution in [1.82, 2.24) is 0 Å². The molecule has 7 heavy (non-hydrogen) atoms. The molecule has 0 bridgehead atoms. The van der Waals surface area contributed by atoms with Crippen LogP contribution in [0.4, 0.5) is 0 Å². The fourth-order valence-electron chi connectivity index (χ4n) is 0.223. The molecule has 0 amide bonds. The molecule has 0 aromatic rings. The Morgan fingerprint density at radius 1 is 1.57 bits per heavy atom. The first-order chi connectivity index (χ1) is 2.91. The summed E-state index contributed by atoms with van der Waals surface area (Å²) in [6.45, 7) is 2.09. The molecule has 0 aromatic heterocycles. The van der Waals surface area contributed by atoms with Gasteiger partial charge in [-0.15, -0.1) is 0 Å². The molecule has 0 aliphatic heterocycles. The molecule has 0 saturated carbocycles. The van der Waals surface area contributed by atoms with Gasteiger partial charge in [0.2, 0.25) is 0 Å². The predicted octanol–water partition coefficient (Wildman–Crippen LogP) is 1.43. The Morgan fingerprint density at radius 3 is 2.29 bits per heavy atom. The van der Waals surface area contributed by atoms with Gasteiger partial charge in [0.1, 0.15) is 0 Å². The van der Waals surface area contributed by atoms with Crippen molar-refractivity contribution < 1.29 is 4.57 Å². The van der Waals surface area contributed by atoms with E-state index in [-0.39, 0.29) is 29.6 Å². The fraction of sp³-hybridized carbons (Fsp3) is 1.00. The summed E-state index contributed by atoms with van der Waals surface area (Å²) in [6, 6.07) is 0. The number of unbranched alkanes of at least 4 members (excludes halogenated alkanes) is 1. The summed E-state index contributed by atoms with van der Waals surface area (Å²) in [4.78, 5) is 0. The van der Waals surface area contributed by atoms with Crippen LogP contribution in [0.2, 0.25) is 0 Å². The second-order valence-electron chi connectivity index (χ2n) is 1.21. The maximum atomic E-state index is 9.66. The summed E-state index contributed by atoms with van der Waals surface area (Å²) < 4.78 is 9.66. The van der Waals surface area contributed by atoms with Gasteiger partial charge in [0.25, 0.3) is 0 Å². The van der Waals surface area contributed by atoms with Gasteiger partial charge in [0.05, 0.1) is 0 Å². The van der Waals surface area contributed by atoms with Crippen molar-refractivity contribution in [2.45, 2.75) is 19.8 Å². The third-order valence-corrected chi connectivity index (χ3v) is 1.10. The van der Waals surface area contributed by atoms with E-state index in [9.17, 15) is 4.57 Å². The Morgan fingerprint density at radius 2 is 2.14 bits per heavy atom. The van der Waals surface area contributed by atoms with Crippen LogP contribution in [-0.2, 0) is 4.57 Å². The summed E-state index contributed by atoms with van der Waals surface area (Å²) in [7, 11) is 0.295. The van der Waals surface area contributed by atoms with Gasteiger partial charge in [-0.2, -0.15) is 0 Å². The summed E-state index contributed by atoms with van der Waals surface area (Å²) in [6.07, 6.45) is 3.07. The van der Waals surface area contributed by atoms with Crippen LogP contribution >= 0.6 is 8.46 Å². The molecule has 0 unspecified atom stereocenters. The SMILES string of the molecule is CCCCP=O.[NaH]. The van der Waals surface area contributed by atoms with Crippen LogP contribution in [0.3, 0.4) is 0 Å². The van der Waals surface area contributed by atoms with Gasteiger partial charge in [0, 0.05) is 6.16 Å². The molecule has 0 atom stereocenters. The molecule has 0 aliphatic rings. The molecule has 0 spiro atoms. The van der Waals surface area contributed by atoms with Gasteiger partial charge < -0.3 is 0 Å². The molecule has 3 heteroatoms. The molecule has 0 heterocycles. The normalized spacial score (nSPS) is 8.14. The van der Waals surface area contributed by atoms with E-state index in [0.29, 0.717) is 8.46 Å². The topological polar surface area (TPSA) is 17.1 Å². The van der Waals surface area contributed by atoms with Crippen LogP contribution in [-0.4, -0.2) is 35.7 Å². The summed E-state index contributed by atoms with van der Waals surface area (Å²) in [5.74, 6) is 0. The van der Waals surface area contributed by atoms with Crippen LogP contribution in [0.5, 0.6) is 0 Å². The molecule has 0 fully saturated rings. The molecule has 0 rings (SSSR count). The van der Waals surface area contributed by atoms with E-state index >= 15 is 0 Å². The third-order valence-electron chi connectivity index (χ3n) is 0.603. The zero-order valence-electron chi connectivity index (χ0n) is 3.98. The van der Waals surface area contributed by atoms with E-state index in [4.69, 9.17) is 0 Å². The predicted molar refractivity (Wildman–Crippen MR) is 34.5 cm³/mol. The molecule has 0 radical (unpaired) electrons. The first kappa shape index (κ1) is 11.0. The van der Waals surface area contributed by atoms with Gasteiger partial charge in [-0.05, 0) is 6.42 Å². The zero-order valence-corrected chi connectivity index (χ0v) is 4.87. The van der Waals surface area contributed by atoms with Crippen molar-refractivity contribution in [3.8, 4) is 0 Å². The first-order valence-corrected chi connectivity index (χ1v) is 3.20.